The molecule has 0 aromatic carbocycles. The molecule has 0 unspecified atom stereocenters. The van der Waals surface area contributed by atoms with Gasteiger partial charge in [-0.3, -0.25) is 0 Å². The summed E-state index contributed by atoms with van der Waals surface area (Å²) in [4.78, 5) is 3.76. The quantitative estimate of drug-likeness (QED) is 0.555. The first kappa shape index (κ1) is 6.25. The Bertz CT molecular complexity index is 166. The van der Waals surface area contributed by atoms with Gasteiger partial charge in [-0.15, -0.1) is 0 Å². The molecule has 0 bridgehead atoms. The minimum Gasteiger partial charge on any atom is -0.388 e. The van der Waals surface area contributed by atoms with E-state index in [9.17, 15) is 0 Å². The van der Waals surface area contributed by atoms with Crippen LogP contribution in [0.4, 0.5) is 0 Å². The topological polar surface area (TPSA) is 58.3 Å². The summed E-state index contributed by atoms with van der Waals surface area (Å²) in [6.45, 7) is -0.260. The number of hydrogen-bond donors (Lipinski definition) is 2. The van der Waals surface area contributed by atoms with Gasteiger partial charge in [-0.25, -0.2) is 4.98 Å². The van der Waals surface area contributed by atoms with Crippen LogP contribution in [0.5, 0.6) is 0 Å². The molecule has 0 atom stereocenters. The molecule has 1 aromatic rings. The lowest BCUT2D eigenvalue weighted by Gasteiger charge is -1.97. The minimum absolute atomic E-state index is 0.129. The lowest BCUT2D eigenvalue weighted by atomic mass is 10.6. The lowest BCUT2D eigenvalue weighted by Crippen LogP contribution is -2.01. The first-order valence-electron chi connectivity index (χ1n) is 2.60. The fourth-order valence-corrected chi connectivity index (χ4v) is 0.620. The fourth-order valence-electron chi connectivity index (χ4n) is 0.620. The number of aliphatic hydroxyl groups is 2. The number of aliphatic hydroxyl groups excluding tert-OH is 2. The second kappa shape index (κ2) is 2.61. The Balaban J connectivity index is 2.85. The van der Waals surface area contributed by atoms with Crippen LogP contribution in [0.1, 0.15) is 5.82 Å². The van der Waals surface area contributed by atoms with Crippen molar-refractivity contribution in [3.63, 3.8) is 0 Å². The van der Waals surface area contributed by atoms with Crippen LogP contribution in [0.15, 0.2) is 12.4 Å². The Hall–Kier alpha value is -0.870. The van der Waals surface area contributed by atoms with Gasteiger partial charge in [0.2, 0.25) is 0 Å². The van der Waals surface area contributed by atoms with E-state index in [-0.39, 0.29) is 13.3 Å². The van der Waals surface area contributed by atoms with E-state index in [0.717, 1.165) is 0 Å². The van der Waals surface area contributed by atoms with Crippen molar-refractivity contribution in [2.75, 3.05) is 0 Å². The van der Waals surface area contributed by atoms with Gasteiger partial charge >= 0.3 is 0 Å². The molecule has 1 rings (SSSR count). The molecular weight excluding hydrogens is 120 g/mol. The van der Waals surface area contributed by atoms with Crippen molar-refractivity contribution in [2.24, 2.45) is 0 Å². The molecule has 4 heteroatoms. The Kier molecular flexibility index (Phi) is 1.81. The monoisotopic (exact) mass is 128 g/mol. The lowest BCUT2D eigenvalue weighted by molar-refractivity contribution is 0.190. The van der Waals surface area contributed by atoms with Gasteiger partial charge in [-0.1, -0.05) is 0 Å². The van der Waals surface area contributed by atoms with E-state index in [4.69, 9.17) is 10.2 Å². The molecule has 0 saturated carbocycles. The van der Waals surface area contributed by atoms with Crippen LogP contribution in [0, 0.1) is 0 Å². The van der Waals surface area contributed by atoms with Gasteiger partial charge in [-0.2, -0.15) is 0 Å². The fraction of sp³-hybridized carbons (Fsp3) is 0.400. The molecule has 0 aliphatic heterocycles. The molecule has 0 saturated heterocycles. The van der Waals surface area contributed by atoms with E-state index in [1.165, 1.54) is 10.8 Å². The van der Waals surface area contributed by atoms with E-state index >= 15 is 0 Å². The first-order chi connectivity index (χ1) is 4.38. The number of hydrogen-bond acceptors (Lipinski definition) is 3. The molecule has 4 nitrogen and oxygen atoms in total. The van der Waals surface area contributed by atoms with Crippen LogP contribution < -0.4 is 0 Å². The van der Waals surface area contributed by atoms with Crippen LogP contribution in [0.3, 0.4) is 0 Å². The van der Waals surface area contributed by atoms with E-state index < -0.39 is 0 Å². The zero-order valence-corrected chi connectivity index (χ0v) is 4.86. The number of aromatic nitrogens is 2. The summed E-state index contributed by atoms with van der Waals surface area (Å²) in [5.74, 6) is 0.484. The maximum Gasteiger partial charge on any atom is 0.136 e. The van der Waals surface area contributed by atoms with Crippen molar-refractivity contribution in [1.82, 2.24) is 9.55 Å². The van der Waals surface area contributed by atoms with Crippen molar-refractivity contribution < 1.29 is 10.2 Å². The highest BCUT2D eigenvalue weighted by Gasteiger charge is 1.96. The van der Waals surface area contributed by atoms with Gasteiger partial charge in [0, 0.05) is 12.4 Å². The van der Waals surface area contributed by atoms with Crippen LogP contribution >= 0.6 is 0 Å². The predicted octanol–water partition coefficient (Wildman–Crippen LogP) is -0.675. The van der Waals surface area contributed by atoms with Crippen molar-refractivity contribution in [2.45, 2.75) is 13.3 Å². The second-order valence-electron chi connectivity index (χ2n) is 1.61. The maximum absolute atomic E-state index is 8.55. The predicted molar refractivity (Wildman–Crippen MR) is 30.4 cm³/mol. The van der Waals surface area contributed by atoms with Gasteiger partial charge in [-0.05, 0) is 0 Å². The van der Waals surface area contributed by atoms with Crippen LogP contribution in [0.2, 0.25) is 0 Å². The molecule has 2 N–H and O–H groups in total. The maximum atomic E-state index is 8.55. The van der Waals surface area contributed by atoms with Crippen LogP contribution in [-0.4, -0.2) is 19.8 Å². The molecule has 50 valence electrons. The summed E-state index contributed by atoms with van der Waals surface area (Å²) in [6.07, 6.45) is 3.13. The van der Waals surface area contributed by atoms with E-state index in [0.29, 0.717) is 5.82 Å². The highest BCUT2D eigenvalue weighted by Crippen LogP contribution is 1.94. The minimum atomic E-state index is -0.131. The Morgan fingerprint density at radius 3 is 2.78 bits per heavy atom. The summed E-state index contributed by atoms with van der Waals surface area (Å²) in [6, 6.07) is 0. The molecule has 1 heterocycles. The Morgan fingerprint density at radius 1 is 1.56 bits per heavy atom. The third kappa shape index (κ3) is 1.09. The smallest absolute Gasteiger partial charge is 0.136 e. The average molecular weight is 128 g/mol. The van der Waals surface area contributed by atoms with Gasteiger partial charge in [0.15, 0.2) is 0 Å². The Morgan fingerprint density at radius 2 is 2.33 bits per heavy atom. The molecule has 0 fully saturated rings. The van der Waals surface area contributed by atoms with Crippen molar-refractivity contribution >= 4 is 0 Å². The molecule has 0 aliphatic carbocycles. The van der Waals surface area contributed by atoms with Gasteiger partial charge < -0.3 is 14.8 Å². The molecule has 1 aromatic heterocycles. The summed E-state index contributed by atoms with van der Waals surface area (Å²) < 4.78 is 1.46. The molecular formula is C5H8N2O2. The zero-order chi connectivity index (χ0) is 6.69. The van der Waals surface area contributed by atoms with E-state index in [1.54, 1.807) is 6.20 Å². The number of imidazole rings is 1. The zero-order valence-electron chi connectivity index (χ0n) is 4.86. The van der Waals surface area contributed by atoms with Crippen molar-refractivity contribution in [3.05, 3.63) is 18.2 Å². The highest BCUT2D eigenvalue weighted by atomic mass is 16.3. The van der Waals surface area contributed by atoms with E-state index in [2.05, 4.69) is 4.98 Å². The summed E-state index contributed by atoms with van der Waals surface area (Å²) in [5, 5.41) is 17.1. The molecule has 9 heavy (non-hydrogen) atoms. The SMILES string of the molecule is OCc1nccn1CO. The van der Waals surface area contributed by atoms with Crippen LogP contribution in [-0.2, 0) is 13.3 Å². The Labute approximate surface area is 52.4 Å². The third-order valence-corrected chi connectivity index (χ3v) is 1.10. The highest BCUT2D eigenvalue weighted by molar-refractivity contribution is 4.88. The van der Waals surface area contributed by atoms with Gasteiger partial charge in [0.1, 0.15) is 19.2 Å². The van der Waals surface area contributed by atoms with Gasteiger partial charge in [0.05, 0.1) is 0 Å². The van der Waals surface area contributed by atoms with E-state index in [1.807, 2.05) is 0 Å². The second-order valence-corrected chi connectivity index (χ2v) is 1.61. The van der Waals surface area contributed by atoms with Crippen molar-refractivity contribution in [3.8, 4) is 0 Å². The normalized spacial score (nSPS) is 10.0. The summed E-state index contributed by atoms with van der Waals surface area (Å²) in [7, 11) is 0. The largest absolute Gasteiger partial charge is 0.388 e. The third-order valence-electron chi connectivity index (χ3n) is 1.10. The molecule has 0 amide bonds. The average Bonchev–Trinajstić information content (AvgIpc) is 2.33. The molecule has 0 aliphatic rings. The molecule has 0 spiro atoms. The van der Waals surface area contributed by atoms with Crippen LogP contribution in [0.25, 0.3) is 0 Å². The number of rotatable bonds is 2. The summed E-state index contributed by atoms with van der Waals surface area (Å²) >= 11 is 0. The first-order valence-corrected chi connectivity index (χ1v) is 2.60. The summed E-state index contributed by atoms with van der Waals surface area (Å²) in [5.41, 5.74) is 0. The molecule has 0 radical (unpaired) electrons. The van der Waals surface area contributed by atoms with Crippen molar-refractivity contribution in [1.29, 1.82) is 0 Å². The van der Waals surface area contributed by atoms with Gasteiger partial charge in [0.25, 0.3) is 0 Å². The standard InChI is InChI=1S/C5H8N2O2/c8-3-5-6-1-2-7(5)4-9/h1-2,8-9H,3-4H2. The number of nitrogens with zero attached hydrogens (tertiary/aromatic N) is 2.